The lowest BCUT2D eigenvalue weighted by molar-refractivity contribution is 0.143. The van der Waals surface area contributed by atoms with Crippen LogP contribution in [0.2, 0.25) is 0 Å². The minimum atomic E-state index is 0.722. The first kappa shape index (κ1) is 12.4. The van der Waals surface area contributed by atoms with Crippen molar-refractivity contribution in [3.8, 4) is 0 Å². The quantitative estimate of drug-likeness (QED) is 0.550. The standard InChI is InChI=1S/C11H20.C2H5Cl/c1-9-5-7-11(8-6-9)10-3-2-4-10;1-2-3/h9-11H,2-8H2,1H3;2H2,1H3. The summed E-state index contributed by atoms with van der Waals surface area (Å²) < 4.78 is 0. The molecule has 0 radical (unpaired) electrons. The number of alkyl halides is 1. The van der Waals surface area contributed by atoms with Crippen molar-refractivity contribution in [3.63, 3.8) is 0 Å². The average Bonchev–Trinajstić information content (AvgIpc) is 2.07. The molecule has 0 atom stereocenters. The van der Waals surface area contributed by atoms with E-state index in [9.17, 15) is 0 Å². The molecule has 14 heavy (non-hydrogen) atoms. The van der Waals surface area contributed by atoms with E-state index in [1.807, 2.05) is 6.92 Å². The van der Waals surface area contributed by atoms with Crippen molar-refractivity contribution in [3.05, 3.63) is 0 Å². The molecule has 0 saturated heterocycles. The molecular formula is C13H25Cl. The molecule has 84 valence electrons. The number of hydrogen-bond donors (Lipinski definition) is 0. The van der Waals surface area contributed by atoms with Crippen LogP contribution in [0.15, 0.2) is 0 Å². The van der Waals surface area contributed by atoms with E-state index < -0.39 is 0 Å². The fourth-order valence-electron chi connectivity index (χ4n) is 2.67. The van der Waals surface area contributed by atoms with Crippen LogP contribution in [0.4, 0.5) is 0 Å². The monoisotopic (exact) mass is 216 g/mol. The van der Waals surface area contributed by atoms with Gasteiger partial charge < -0.3 is 0 Å². The lowest BCUT2D eigenvalue weighted by atomic mass is 9.68. The third kappa shape index (κ3) is 3.81. The highest BCUT2D eigenvalue weighted by molar-refractivity contribution is 6.17. The van der Waals surface area contributed by atoms with E-state index in [0.29, 0.717) is 0 Å². The molecule has 2 aliphatic carbocycles. The molecule has 0 bridgehead atoms. The van der Waals surface area contributed by atoms with E-state index in [1.165, 1.54) is 19.3 Å². The fraction of sp³-hybridized carbons (Fsp3) is 1.00. The summed E-state index contributed by atoms with van der Waals surface area (Å²) in [4.78, 5) is 0. The van der Waals surface area contributed by atoms with Crippen LogP contribution in [0.5, 0.6) is 0 Å². The predicted molar refractivity (Wildman–Crippen MR) is 64.9 cm³/mol. The molecule has 0 aromatic heterocycles. The second-order valence-corrected chi connectivity index (χ2v) is 5.51. The third-order valence-electron chi connectivity index (χ3n) is 3.88. The zero-order valence-corrected chi connectivity index (χ0v) is 10.5. The molecular weight excluding hydrogens is 192 g/mol. The van der Waals surface area contributed by atoms with Crippen molar-refractivity contribution < 1.29 is 0 Å². The van der Waals surface area contributed by atoms with E-state index in [0.717, 1.165) is 23.6 Å². The van der Waals surface area contributed by atoms with Crippen molar-refractivity contribution in [1.29, 1.82) is 0 Å². The molecule has 0 unspecified atom stereocenters. The van der Waals surface area contributed by atoms with Crippen LogP contribution in [0.3, 0.4) is 0 Å². The van der Waals surface area contributed by atoms with Gasteiger partial charge in [0, 0.05) is 5.88 Å². The van der Waals surface area contributed by atoms with Crippen molar-refractivity contribution >= 4 is 11.6 Å². The first-order valence-electron chi connectivity index (χ1n) is 6.33. The summed E-state index contributed by atoms with van der Waals surface area (Å²) in [6.07, 6.45) is 10.8. The molecule has 1 heteroatoms. The molecule has 0 nitrogen and oxygen atoms in total. The zero-order chi connectivity index (χ0) is 10.4. The molecule has 2 saturated carbocycles. The van der Waals surface area contributed by atoms with Crippen molar-refractivity contribution in [2.24, 2.45) is 17.8 Å². The Bertz CT molecular complexity index is 132. The first-order chi connectivity index (χ1) is 6.77. The van der Waals surface area contributed by atoms with Gasteiger partial charge in [-0.2, -0.15) is 0 Å². The van der Waals surface area contributed by atoms with E-state index in [1.54, 1.807) is 25.7 Å². The summed E-state index contributed by atoms with van der Waals surface area (Å²) >= 11 is 5.00. The molecule has 0 aromatic rings. The van der Waals surface area contributed by atoms with Gasteiger partial charge in [-0.1, -0.05) is 46.0 Å². The Hall–Kier alpha value is 0.290. The maximum Gasteiger partial charge on any atom is 0.0195 e. The normalized spacial score (nSPS) is 32.8. The Morgan fingerprint density at radius 3 is 1.71 bits per heavy atom. The maximum atomic E-state index is 5.00. The predicted octanol–water partition coefficient (Wildman–Crippen LogP) is 4.86. The van der Waals surface area contributed by atoms with E-state index in [4.69, 9.17) is 11.6 Å². The average molecular weight is 217 g/mol. The summed E-state index contributed by atoms with van der Waals surface area (Å²) in [5.41, 5.74) is 0. The van der Waals surface area contributed by atoms with Crippen molar-refractivity contribution in [2.45, 2.75) is 58.8 Å². The maximum absolute atomic E-state index is 5.00. The molecule has 0 aromatic carbocycles. The van der Waals surface area contributed by atoms with Gasteiger partial charge in [-0.05, 0) is 30.6 Å². The molecule has 0 N–H and O–H groups in total. The SMILES string of the molecule is CC1CCC(C2CCC2)CC1.CCCl. The van der Waals surface area contributed by atoms with Gasteiger partial charge in [-0.25, -0.2) is 0 Å². The van der Waals surface area contributed by atoms with Crippen LogP contribution in [0, 0.1) is 17.8 Å². The van der Waals surface area contributed by atoms with E-state index >= 15 is 0 Å². The van der Waals surface area contributed by atoms with Crippen molar-refractivity contribution in [2.75, 3.05) is 5.88 Å². The Balaban J connectivity index is 0.000000293. The van der Waals surface area contributed by atoms with Crippen LogP contribution in [-0.2, 0) is 0 Å². The van der Waals surface area contributed by atoms with E-state index in [-0.39, 0.29) is 0 Å². The summed E-state index contributed by atoms with van der Waals surface area (Å²) in [5.74, 6) is 4.05. The second-order valence-electron chi connectivity index (χ2n) is 4.98. The molecule has 0 spiro atoms. The van der Waals surface area contributed by atoms with Gasteiger partial charge in [0.15, 0.2) is 0 Å². The van der Waals surface area contributed by atoms with Gasteiger partial charge >= 0.3 is 0 Å². The second kappa shape index (κ2) is 6.71. The van der Waals surface area contributed by atoms with Gasteiger partial charge in [-0.15, -0.1) is 11.6 Å². The van der Waals surface area contributed by atoms with Crippen molar-refractivity contribution in [1.82, 2.24) is 0 Å². The topological polar surface area (TPSA) is 0 Å². The minimum Gasteiger partial charge on any atom is -0.127 e. The minimum absolute atomic E-state index is 0.722. The van der Waals surface area contributed by atoms with Gasteiger partial charge in [0.05, 0.1) is 0 Å². The highest BCUT2D eigenvalue weighted by Crippen LogP contribution is 2.42. The summed E-state index contributed by atoms with van der Waals surface area (Å²) in [5, 5.41) is 0. The fourth-order valence-corrected chi connectivity index (χ4v) is 2.67. The Labute approximate surface area is 94.4 Å². The Morgan fingerprint density at radius 2 is 1.36 bits per heavy atom. The third-order valence-corrected chi connectivity index (χ3v) is 3.88. The van der Waals surface area contributed by atoms with Gasteiger partial charge in [0.1, 0.15) is 0 Å². The molecule has 2 fully saturated rings. The summed E-state index contributed by atoms with van der Waals surface area (Å²) in [6, 6.07) is 0. The molecule has 0 heterocycles. The lowest BCUT2D eigenvalue weighted by Crippen LogP contribution is -2.25. The van der Waals surface area contributed by atoms with Gasteiger partial charge in [0.25, 0.3) is 0 Å². The summed E-state index contributed by atoms with van der Waals surface area (Å²) in [7, 11) is 0. The number of rotatable bonds is 1. The highest BCUT2D eigenvalue weighted by Gasteiger charge is 2.29. The lowest BCUT2D eigenvalue weighted by Gasteiger charge is -2.37. The number of hydrogen-bond acceptors (Lipinski definition) is 0. The van der Waals surface area contributed by atoms with E-state index in [2.05, 4.69) is 6.92 Å². The summed E-state index contributed by atoms with van der Waals surface area (Å²) in [6.45, 7) is 4.30. The number of halogens is 1. The first-order valence-corrected chi connectivity index (χ1v) is 6.87. The van der Waals surface area contributed by atoms with Crippen LogP contribution in [0.25, 0.3) is 0 Å². The van der Waals surface area contributed by atoms with Crippen LogP contribution >= 0.6 is 11.6 Å². The molecule has 0 amide bonds. The molecule has 2 aliphatic rings. The van der Waals surface area contributed by atoms with Gasteiger partial charge in [-0.3, -0.25) is 0 Å². The smallest absolute Gasteiger partial charge is 0.0195 e. The Morgan fingerprint density at radius 1 is 0.929 bits per heavy atom. The molecule has 2 rings (SSSR count). The van der Waals surface area contributed by atoms with Crippen LogP contribution in [0.1, 0.15) is 58.8 Å². The van der Waals surface area contributed by atoms with Gasteiger partial charge in [0.2, 0.25) is 0 Å². The largest absolute Gasteiger partial charge is 0.127 e. The molecule has 0 aliphatic heterocycles. The van der Waals surface area contributed by atoms with Crippen LogP contribution < -0.4 is 0 Å². The zero-order valence-electron chi connectivity index (χ0n) is 9.77. The highest BCUT2D eigenvalue weighted by atomic mass is 35.5. The Kier molecular flexibility index (Phi) is 5.93. The van der Waals surface area contributed by atoms with Crippen LogP contribution in [-0.4, -0.2) is 5.88 Å².